The Morgan fingerprint density at radius 3 is 2.10 bits per heavy atom. The molecular formula is C17H20O3. The summed E-state index contributed by atoms with van der Waals surface area (Å²) in [6, 6.07) is 17.8. The molecule has 0 aromatic heterocycles. The molecule has 0 N–H and O–H groups in total. The monoisotopic (exact) mass is 272 g/mol. The fraction of sp³-hybridized carbons (Fsp3) is 0.294. The van der Waals surface area contributed by atoms with Crippen molar-refractivity contribution in [3.05, 3.63) is 65.7 Å². The van der Waals surface area contributed by atoms with Crippen LogP contribution in [-0.2, 0) is 21.9 Å². The molecule has 1 atom stereocenters. The SMILES string of the molecule is COc1ccc(C(C)(OC)OCc2ccccc2)cc1. The molecule has 1 unspecified atom stereocenters. The van der Waals surface area contributed by atoms with Crippen LogP contribution in [0.5, 0.6) is 5.75 Å². The molecule has 0 saturated heterocycles. The summed E-state index contributed by atoms with van der Waals surface area (Å²) in [5.74, 6) is 0.0394. The second-order valence-electron chi connectivity index (χ2n) is 4.65. The summed E-state index contributed by atoms with van der Waals surface area (Å²) in [5, 5.41) is 0. The van der Waals surface area contributed by atoms with Crippen molar-refractivity contribution in [3.8, 4) is 5.75 Å². The van der Waals surface area contributed by atoms with Gasteiger partial charge in [-0.05, 0) is 36.8 Å². The molecule has 0 radical (unpaired) electrons. The Hall–Kier alpha value is -1.84. The van der Waals surface area contributed by atoms with E-state index in [-0.39, 0.29) is 0 Å². The van der Waals surface area contributed by atoms with Gasteiger partial charge >= 0.3 is 0 Å². The Morgan fingerprint density at radius 1 is 0.900 bits per heavy atom. The van der Waals surface area contributed by atoms with Gasteiger partial charge in [0.25, 0.3) is 0 Å². The molecule has 0 amide bonds. The number of ether oxygens (including phenoxy) is 3. The highest BCUT2D eigenvalue weighted by molar-refractivity contribution is 5.29. The molecule has 0 fully saturated rings. The molecule has 106 valence electrons. The van der Waals surface area contributed by atoms with Gasteiger partial charge in [0.2, 0.25) is 0 Å². The summed E-state index contributed by atoms with van der Waals surface area (Å²) in [6.45, 7) is 2.41. The van der Waals surface area contributed by atoms with Crippen LogP contribution in [0.1, 0.15) is 18.1 Å². The molecule has 3 nitrogen and oxygen atoms in total. The van der Waals surface area contributed by atoms with Gasteiger partial charge in [0.15, 0.2) is 5.79 Å². The lowest BCUT2D eigenvalue weighted by Crippen LogP contribution is -2.28. The topological polar surface area (TPSA) is 27.7 Å². The highest BCUT2D eigenvalue weighted by atomic mass is 16.7. The summed E-state index contributed by atoms with van der Waals surface area (Å²) in [6.07, 6.45) is 0. The minimum absolute atomic E-state index is 0.497. The van der Waals surface area contributed by atoms with E-state index in [0.29, 0.717) is 6.61 Å². The zero-order valence-corrected chi connectivity index (χ0v) is 12.1. The predicted molar refractivity (Wildman–Crippen MR) is 78.6 cm³/mol. The van der Waals surface area contributed by atoms with Crippen molar-refractivity contribution in [2.75, 3.05) is 14.2 Å². The van der Waals surface area contributed by atoms with Crippen LogP contribution in [0.3, 0.4) is 0 Å². The molecule has 2 aromatic rings. The minimum Gasteiger partial charge on any atom is -0.497 e. The van der Waals surface area contributed by atoms with Crippen LogP contribution in [0, 0.1) is 0 Å². The van der Waals surface area contributed by atoms with Crippen LogP contribution in [-0.4, -0.2) is 14.2 Å². The molecule has 0 heterocycles. The molecule has 20 heavy (non-hydrogen) atoms. The number of hydrogen-bond donors (Lipinski definition) is 0. The van der Waals surface area contributed by atoms with Gasteiger partial charge in [0.1, 0.15) is 5.75 Å². The first-order valence-corrected chi connectivity index (χ1v) is 6.55. The fourth-order valence-corrected chi connectivity index (χ4v) is 1.95. The first kappa shape index (κ1) is 14.6. The smallest absolute Gasteiger partial charge is 0.191 e. The first-order chi connectivity index (χ1) is 9.68. The lowest BCUT2D eigenvalue weighted by atomic mass is 10.1. The van der Waals surface area contributed by atoms with E-state index < -0.39 is 5.79 Å². The summed E-state index contributed by atoms with van der Waals surface area (Å²) in [4.78, 5) is 0. The van der Waals surface area contributed by atoms with E-state index in [2.05, 4.69) is 0 Å². The van der Waals surface area contributed by atoms with Crippen molar-refractivity contribution in [3.63, 3.8) is 0 Å². The summed E-state index contributed by atoms with van der Waals surface area (Å²) in [5.41, 5.74) is 2.07. The average Bonchev–Trinajstić information content (AvgIpc) is 2.53. The lowest BCUT2D eigenvalue weighted by Gasteiger charge is -2.29. The molecule has 0 aliphatic heterocycles. The van der Waals surface area contributed by atoms with Gasteiger partial charge < -0.3 is 14.2 Å². The van der Waals surface area contributed by atoms with Crippen molar-refractivity contribution in [1.82, 2.24) is 0 Å². The Labute approximate surface area is 120 Å². The molecule has 2 rings (SSSR count). The predicted octanol–water partition coefficient (Wildman–Crippen LogP) is 3.73. The zero-order valence-electron chi connectivity index (χ0n) is 12.1. The van der Waals surface area contributed by atoms with E-state index in [1.807, 2.05) is 61.5 Å². The van der Waals surface area contributed by atoms with E-state index in [1.165, 1.54) is 0 Å². The molecule has 0 aliphatic carbocycles. The number of rotatable bonds is 6. The molecule has 3 heteroatoms. The third kappa shape index (κ3) is 3.38. The van der Waals surface area contributed by atoms with Gasteiger partial charge in [-0.3, -0.25) is 0 Å². The van der Waals surface area contributed by atoms with Gasteiger partial charge in [0.05, 0.1) is 13.7 Å². The Kier molecular flexibility index (Phi) is 4.77. The molecule has 0 aliphatic rings. The van der Waals surface area contributed by atoms with E-state index in [1.54, 1.807) is 14.2 Å². The number of hydrogen-bond acceptors (Lipinski definition) is 3. The Morgan fingerprint density at radius 2 is 1.55 bits per heavy atom. The standard InChI is InChI=1S/C17H20O3/c1-17(19-3,15-9-11-16(18-2)12-10-15)20-13-14-7-5-4-6-8-14/h4-12H,13H2,1-3H3. The summed E-state index contributed by atoms with van der Waals surface area (Å²) in [7, 11) is 3.30. The van der Waals surface area contributed by atoms with Gasteiger partial charge in [0, 0.05) is 12.7 Å². The Balaban J connectivity index is 2.11. The van der Waals surface area contributed by atoms with Crippen LogP contribution in [0.4, 0.5) is 0 Å². The summed E-state index contributed by atoms with van der Waals surface area (Å²) >= 11 is 0. The maximum absolute atomic E-state index is 5.96. The molecule has 0 spiro atoms. The highest BCUT2D eigenvalue weighted by Crippen LogP contribution is 2.28. The van der Waals surface area contributed by atoms with Crippen LogP contribution >= 0.6 is 0 Å². The van der Waals surface area contributed by atoms with Crippen molar-refractivity contribution in [2.45, 2.75) is 19.3 Å². The second-order valence-corrected chi connectivity index (χ2v) is 4.65. The fourth-order valence-electron chi connectivity index (χ4n) is 1.95. The van der Waals surface area contributed by atoms with Crippen molar-refractivity contribution in [1.29, 1.82) is 0 Å². The maximum atomic E-state index is 5.96. The van der Waals surface area contributed by atoms with Gasteiger partial charge in [-0.2, -0.15) is 0 Å². The van der Waals surface area contributed by atoms with E-state index in [9.17, 15) is 0 Å². The summed E-state index contributed by atoms with van der Waals surface area (Å²) < 4.78 is 16.7. The molecule has 0 bridgehead atoms. The zero-order chi connectivity index (χ0) is 14.4. The highest BCUT2D eigenvalue weighted by Gasteiger charge is 2.27. The van der Waals surface area contributed by atoms with Crippen LogP contribution < -0.4 is 4.74 Å². The van der Waals surface area contributed by atoms with Crippen LogP contribution in [0.2, 0.25) is 0 Å². The van der Waals surface area contributed by atoms with E-state index in [4.69, 9.17) is 14.2 Å². The van der Waals surface area contributed by atoms with Gasteiger partial charge in [-0.1, -0.05) is 30.3 Å². The van der Waals surface area contributed by atoms with Gasteiger partial charge in [-0.25, -0.2) is 0 Å². The first-order valence-electron chi connectivity index (χ1n) is 6.55. The quantitative estimate of drug-likeness (QED) is 0.750. The number of methoxy groups -OCH3 is 2. The third-order valence-corrected chi connectivity index (χ3v) is 3.36. The largest absolute Gasteiger partial charge is 0.497 e. The molecule has 0 saturated carbocycles. The molecular weight excluding hydrogens is 252 g/mol. The van der Waals surface area contributed by atoms with Crippen molar-refractivity contribution in [2.24, 2.45) is 0 Å². The van der Waals surface area contributed by atoms with E-state index in [0.717, 1.165) is 16.9 Å². The lowest BCUT2D eigenvalue weighted by molar-refractivity contribution is -0.226. The van der Waals surface area contributed by atoms with Crippen LogP contribution in [0.15, 0.2) is 54.6 Å². The minimum atomic E-state index is -0.776. The maximum Gasteiger partial charge on any atom is 0.191 e. The Bertz CT molecular complexity index is 522. The number of benzene rings is 2. The van der Waals surface area contributed by atoms with Crippen LogP contribution in [0.25, 0.3) is 0 Å². The molecule has 2 aromatic carbocycles. The van der Waals surface area contributed by atoms with Crippen molar-refractivity contribution < 1.29 is 14.2 Å². The third-order valence-electron chi connectivity index (χ3n) is 3.36. The average molecular weight is 272 g/mol. The van der Waals surface area contributed by atoms with Crippen molar-refractivity contribution >= 4 is 0 Å². The normalized spacial score (nSPS) is 13.8. The second kappa shape index (κ2) is 6.55. The van der Waals surface area contributed by atoms with E-state index >= 15 is 0 Å². The van der Waals surface area contributed by atoms with Gasteiger partial charge in [-0.15, -0.1) is 0 Å².